The van der Waals surface area contributed by atoms with Crippen LogP contribution >= 0.6 is 11.3 Å². The minimum absolute atomic E-state index is 0.566. The van der Waals surface area contributed by atoms with E-state index in [1.807, 2.05) is 18.4 Å². The summed E-state index contributed by atoms with van der Waals surface area (Å²) in [7, 11) is 2.02. The van der Waals surface area contributed by atoms with Gasteiger partial charge in [0, 0.05) is 24.0 Å². The number of hydrogen-bond donors (Lipinski definition) is 1. The van der Waals surface area contributed by atoms with Crippen molar-refractivity contribution < 1.29 is 0 Å². The Bertz CT molecular complexity index is 398. The van der Waals surface area contributed by atoms with Gasteiger partial charge in [0.15, 0.2) is 5.13 Å². The molecule has 108 valence electrons. The SMILES string of the molecule is CCCN(c1nc(C(C)CC)c(CNC)s1)C1CC1. The predicted octanol–water partition coefficient (Wildman–Crippen LogP) is 3.75. The van der Waals surface area contributed by atoms with Crippen molar-refractivity contribution in [1.29, 1.82) is 0 Å². The van der Waals surface area contributed by atoms with Crippen molar-refractivity contribution in [2.24, 2.45) is 0 Å². The van der Waals surface area contributed by atoms with Gasteiger partial charge < -0.3 is 10.2 Å². The highest BCUT2D eigenvalue weighted by Gasteiger charge is 2.31. The molecule has 1 heterocycles. The zero-order chi connectivity index (χ0) is 13.8. The van der Waals surface area contributed by atoms with Crippen molar-refractivity contribution in [3.63, 3.8) is 0 Å². The summed E-state index contributed by atoms with van der Waals surface area (Å²) >= 11 is 1.90. The number of nitrogens with zero attached hydrogens (tertiary/aromatic N) is 2. The topological polar surface area (TPSA) is 28.2 Å². The second-order valence-corrected chi connectivity index (χ2v) is 6.63. The Morgan fingerprint density at radius 1 is 1.42 bits per heavy atom. The summed E-state index contributed by atoms with van der Waals surface area (Å²) in [5.74, 6) is 0.566. The molecule has 1 aromatic heterocycles. The molecule has 1 aliphatic rings. The van der Waals surface area contributed by atoms with Crippen molar-refractivity contribution >= 4 is 16.5 Å². The Labute approximate surface area is 121 Å². The molecular formula is C15H27N3S. The zero-order valence-electron chi connectivity index (χ0n) is 12.7. The lowest BCUT2D eigenvalue weighted by molar-refractivity contribution is 0.688. The maximum Gasteiger partial charge on any atom is 0.186 e. The van der Waals surface area contributed by atoms with E-state index in [2.05, 4.69) is 31.0 Å². The van der Waals surface area contributed by atoms with Gasteiger partial charge in [-0.25, -0.2) is 4.98 Å². The molecular weight excluding hydrogens is 254 g/mol. The van der Waals surface area contributed by atoms with Crippen LogP contribution in [-0.4, -0.2) is 24.6 Å². The first-order valence-corrected chi connectivity index (χ1v) is 8.43. The van der Waals surface area contributed by atoms with Crippen LogP contribution in [0, 0.1) is 0 Å². The average molecular weight is 281 g/mol. The number of anilines is 1. The van der Waals surface area contributed by atoms with Crippen molar-refractivity contribution in [3.8, 4) is 0 Å². The van der Waals surface area contributed by atoms with Crippen LogP contribution in [0.2, 0.25) is 0 Å². The van der Waals surface area contributed by atoms with Crippen LogP contribution < -0.4 is 10.2 Å². The highest BCUT2D eigenvalue weighted by molar-refractivity contribution is 7.15. The fourth-order valence-electron chi connectivity index (χ4n) is 2.40. The second-order valence-electron chi connectivity index (χ2n) is 5.57. The van der Waals surface area contributed by atoms with E-state index in [1.54, 1.807) is 0 Å². The van der Waals surface area contributed by atoms with Crippen molar-refractivity contribution in [2.75, 3.05) is 18.5 Å². The summed E-state index contributed by atoms with van der Waals surface area (Å²) in [6.45, 7) is 8.89. The van der Waals surface area contributed by atoms with Gasteiger partial charge in [0.25, 0.3) is 0 Å². The third-order valence-electron chi connectivity index (χ3n) is 3.83. The summed E-state index contributed by atoms with van der Waals surface area (Å²) in [4.78, 5) is 8.95. The smallest absolute Gasteiger partial charge is 0.186 e. The summed E-state index contributed by atoms with van der Waals surface area (Å²) in [5.41, 5.74) is 1.32. The lowest BCUT2D eigenvalue weighted by atomic mass is 10.0. The maximum absolute atomic E-state index is 4.98. The number of nitrogens with one attached hydrogen (secondary N) is 1. The van der Waals surface area contributed by atoms with Crippen molar-refractivity contribution in [3.05, 3.63) is 10.6 Å². The summed E-state index contributed by atoms with van der Waals surface area (Å²) in [6.07, 6.45) is 5.06. The zero-order valence-corrected chi connectivity index (χ0v) is 13.5. The monoisotopic (exact) mass is 281 g/mol. The van der Waals surface area contributed by atoms with Crippen LogP contribution in [0.15, 0.2) is 0 Å². The fraction of sp³-hybridized carbons (Fsp3) is 0.800. The maximum atomic E-state index is 4.98. The van der Waals surface area contributed by atoms with E-state index in [1.165, 1.54) is 35.0 Å². The number of aromatic nitrogens is 1. The van der Waals surface area contributed by atoms with E-state index >= 15 is 0 Å². The van der Waals surface area contributed by atoms with E-state index in [4.69, 9.17) is 4.98 Å². The molecule has 0 aliphatic heterocycles. The van der Waals surface area contributed by atoms with Gasteiger partial charge >= 0.3 is 0 Å². The van der Waals surface area contributed by atoms with E-state index in [0.717, 1.165) is 25.6 Å². The molecule has 1 unspecified atom stereocenters. The van der Waals surface area contributed by atoms with E-state index in [-0.39, 0.29) is 0 Å². The molecule has 1 N–H and O–H groups in total. The number of rotatable bonds is 8. The highest BCUT2D eigenvalue weighted by Crippen LogP contribution is 2.37. The molecule has 1 aromatic rings. The molecule has 1 fully saturated rings. The van der Waals surface area contributed by atoms with Crippen LogP contribution in [0.25, 0.3) is 0 Å². The molecule has 1 aliphatic carbocycles. The first-order chi connectivity index (χ1) is 9.21. The fourth-order valence-corrected chi connectivity index (χ4v) is 3.69. The van der Waals surface area contributed by atoms with Gasteiger partial charge in [-0.2, -0.15) is 0 Å². The second kappa shape index (κ2) is 6.71. The van der Waals surface area contributed by atoms with Crippen LogP contribution in [0.4, 0.5) is 5.13 Å². The van der Waals surface area contributed by atoms with Gasteiger partial charge in [0.05, 0.1) is 5.69 Å². The molecule has 2 rings (SSSR count). The molecule has 0 amide bonds. The minimum Gasteiger partial charge on any atom is -0.345 e. The Balaban J connectivity index is 2.24. The molecule has 1 atom stereocenters. The standard InChI is InChI=1S/C15H27N3S/c1-5-9-18(12-7-8-12)15-17-14(11(3)6-2)13(19-15)10-16-4/h11-12,16H,5-10H2,1-4H3. The highest BCUT2D eigenvalue weighted by atomic mass is 32.1. The normalized spacial score (nSPS) is 16.6. The first-order valence-electron chi connectivity index (χ1n) is 7.62. The Morgan fingerprint density at radius 2 is 2.16 bits per heavy atom. The van der Waals surface area contributed by atoms with Crippen LogP contribution in [0.1, 0.15) is 62.9 Å². The molecule has 0 radical (unpaired) electrons. The Morgan fingerprint density at radius 3 is 2.68 bits per heavy atom. The molecule has 4 heteroatoms. The minimum atomic E-state index is 0.566. The van der Waals surface area contributed by atoms with Crippen molar-refractivity contribution in [1.82, 2.24) is 10.3 Å². The lowest BCUT2D eigenvalue weighted by Crippen LogP contribution is -2.26. The Hall–Kier alpha value is -0.610. The van der Waals surface area contributed by atoms with Gasteiger partial charge in [-0.05, 0) is 38.6 Å². The van der Waals surface area contributed by atoms with Gasteiger partial charge in [-0.15, -0.1) is 11.3 Å². The van der Waals surface area contributed by atoms with E-state index in [0.29, 0.717) is 5.92 Å². The average Bonchev–Trinajstić information content (AvgIpc) is 3.16. The van der Waals surface area contributed by atoms with Crippen LogP contribution in [0.3, 0.4) is 0 Å². The molecule has 1 saturated carbocycles. The van der Waals surface area contributed by atoms with Gasteiger partial charge in [-0.3, -0.25) is 0 Å². The quantitative estimate of drug-likeness (QED) is 0.786. The Kier molecular flexibility index (Phi) is 5.22. The molecule has 0 aromatic carbocycles. The third kappa shape index (κ3) is 3.48. The van der Waals surface area contributed by atoms with Gasteiger partial charge in [-0.1, -0.05) is 20.8 Å². The largest absolute Gasteiger partial charge is 0.345 e. The van der Waals surface area contributed by atoms with Gasteiger partial charge in [0.1, 0.15) is 0 Å². The molecule has 0 saturated heterocycles. The third-order valence-corrected chi connectivity index (χ3v) is 4.94. The van der Waals surface area contributed by atoms with Gasteiger partial charge in [0.2, 0.25) is 0 Å². The van der Waals surface area contributed by atoms with E-state index < -0.39 is 0 Å². The molecule has 19 heavy (non-hydrogen) atoms. The molecule has 0 spiro atoms. The number of thiazole rings is 1. The summed E-state index contributed by atoms with van der Waals surface area (Å²) in [5, 5.41) is 4.54. The summed E-state index contributed by atoms with van der Waals surface area (Å²) < 4.78 is 0. The van der Waals surface area contributed by atoms with Crippen LogP contribution in [0.5, 0.6) is 0 Å². The van der Waals surface area contributed by atoms with Crippen molar-refractivity contribution in [2.45, 2.75) is 65.0 Å². The predicted molar refractivity (Wildman–Crippen MR) is 84.2 cm³/mol. The molecule has 3 nitrogen and oxygen atoms in total. The summed E-state index contributed by atoms with van der Waals surface area (Å²) in [6, 6.07) is 0.762. The van der Waals surface area contributed by atoms with Crippen LogP contribution in [-0.2, 0) is 6.54 Å². The first kappa shape index (κ1) is 14.8. The number of hydrogen-bond acceptors (Lipinski definition) is 4. The lowest BCUT2D eigenvalue weighted by Gasteiger charge is -2.20. The van der Waals surface area contributed by atoms with E-state index in [9.17, 15) is 0 Å². The molecule has 0 bridgehead atoms.